The molecular formula is C36H64O11. The van der Waals surface area contributed by atoms with E-state index in [0.29, 0.717) is 119 Å². The Balaban J connectivity index is 1.64. The molecule has 0 radical (unpaired) electrons. The number of carbonyl (C=O) groups is 1. The van der Waals surface area contributed by atoms with Crippen LogP contribution in [-0.4, -0.2) is 125 Å². The Morgan fingerprint density at radius 3 is 1.17 bits per heavy atom. The minimum absolute atomic E-state index is 0.135. The molecule has 11 nitrogen and oxygen atoms in total. The van der Waals surface area contributed by atoms with E-state index in [9.17, 15) is 4.79 Å². The summed E-state index contributed by atoms with van der Waals surface area (Å²) in [6.45, 7) is 11.0. The summed E-state index contributed by atoms with van der Waals surface area (Å²) in [7, 11) is 0. The van der Waals surface area contributed by atoms with Crippen LogP contribution in [0.5, 0.6) is 5.75 Å². The molecule has 0 unspecified atom stereocenters. The van der Waals surface area contributed by atoms with Crippen molar-refractivity contribution in [2.24, 2.45) is 0 Å². The van der Waals surface area contributed by atoms with Crippen molar-refractivity contribution in [3.05, 3.63) is 30.3 Å². The SMILES string of the molecule is CCCCCCCCCCCC(=O)OCCOCCOCCOCCOCCOCCOCCOCCOCCOc1ccccc1. The van der Waals surface area contributed by atoms with Crippen LogP contribution in [0, 0.1) is 0 Å². The van der Waals surface area contributed by atoms with E-state index < -0.39 is 0 Å². The molecule has 1 rings (SSSR count). The van der Waals surface area contributed by atoms with Crippen molar-refractivity contribution in [1.82, 2.24) is 0 Å². The van der Waals surface area contributed by atoms with Crippen molar-refractivity contribution in [3.8, 4) is 5.75 Å². The third kappa shape index (κ3) is 33.9. The van der Waals surface area contributed by atoms with Gasteiger partial charge in [-0.1, -0.05) is 76.5 Å². The highest BCUT2D eigenvalue weighted by Gasteiger charge is 2.03. The molecule has 1 aromatic rings. The van der Waals surface area contributed by atoms with Crippen LogP contribution in [0.3, 0.4) is 0 Å². The monoisotopic (exact) mass is 672 g/mol. The Hall–Kier alpha value is -1.83. The number of ether oxygens (including phenoxy) is 10. The van der Waals surface area contributed by atoms with Gasteiger partial charge in [0.2, 0.25) is 0 Å². The van der Waals surface area contributed by atoms with Crippen LogP contribution < -0.4 is 4.74 Å². The molecule has 0 N–H and O–H groups in total. The number of hydrogen-bond donors (Lipinski definition) is 0. The molecule has 0 saturated carbocycles. The van der Waals surface area contributed by atoms with Gasteiger partial charge in [0.05, 0.1) is 106 Å². The van der Waals surface area contributed by atoms with Crippen molar-refractivity contribution in [1.29, 1.82) is 0 Å². The van der Waals surface area contributed by atoms with E-state index in [2.05, 4.69) is 6.92 Å². The van der Waals surface area contributed by atoms with E-state index in [1.165, 1.54) is 44.9 Å². The molecule has 0 aromatic heterocycles. The van der Waals surface area contributed by atoms with Crippen LogP contribution >= 0.6 is 0 Å². The lowest BCUT2D eigenvalue weighted by Crippen LogP contribution is -2.15. The molecule has 0 aliphatic carbocycles. The number of esters is 1. The molecule has 0 atom stereocenters. The minimum atomic E-state index is -0.135. The topological polar surface area (TPSA) is 109 Å². The van der Waals surface area contributed by atoms with Gasteiger partial charge in [-0.25, -0.2) is 0 Å². The summed E-state index contributed by atoms with van der Waals surface area (Å²) in [6, 6.07) is 9.67. The molecule has 0 fully saturated rings. The Bertz CT molecular complexity index is 754. The standard InChI is InChI=1S/C36H64O11/c1-2-3-4-5-6-7-8-9-13-16-36(37)47-34-32-45-30-28-43-26-24-41-22-20-39-18-17-38-19-21-40-23-25-42-27-29-44-31-33-46-35-14-11-10-12-15-35/h10-12,14-15H,2-9,13,16-34H2,1H3. The molecule has 0 spiro atoms. The lowest BCUT2D eigenvalue weighted by atomic mass is 10.1. The molecule has 0 amide bonds. The molecular weight excluding hydrogens is 608 g/mol. The second-order valence-electron chi connectivity index (χ2n) is 10.9. The molecule has 0 aliphatic heterocycles. The van der Waals surface area contributed by atoms with Gasteiger partial charge < -0.3 is 47.4 Å². The molecule has 11 heteroatoms. The number of carbonyl (C=O) groups excluding carboxylic acids is 1. The average Bonchev–Trinajstić information content (AvgIpc) is 3.09. The maximum absolute atomic E-state index is 11.8. The predicted octanol–water partition coefficient (Wildman–Crippen LogP) is 5.66. The molecule has 0 bridgehead atoms. The van der Waals surface area contributed by atoms with E-state index in [1.807, 2.05) is 30.3 Å². The van der Waals surface area contributed by atoms with Crippen molar-refractivity contribution in [3.63, 3.8) is 0 Å². The van der Waals surface area contributed by atoms with E-state index in [4.69, 9.17) is 47.4 Å². The zero-order valence-corrected chi connectivity index (χ0v) is 29.2. The highest BCUT2D eigenvalue weighted by Crippen LogP contribution is 2.11. The zero-order chi connectivity index (χ0) is 33.6. The Morgan fingerprint density at radius 1 is 0.426 bits per heavy atom. The Morgan fingerprint density at radius 2 is 0.766 bits per heavy atom. The highest BCUT2D eigenvalue weighted by molar-refractivity contribution is 5.69. The largest absolute Gasteiger partial charge is 0.491 e. The van der Waals surface area contributed by atoms with E-state index in [-0.39, 0.29) is 12.6 Å². The fourth-order valence-electron chi connectivity index (χ4n) is 4.24. The number of para-hydroxylation sites is 1. The predicted molar refractivity (Wildman–Crippen MR) is 181 cm³/mol. The first-order valence-corrected chi connectivity index (χ1v) is 17.8. The first-order chi connectivity index (χ1) is 23.3. The van der Waals surface area contributed by atoms with E-state index >= 15 is 0 Å². The smallest absolute Gasteiger partial charge is 0.305 e. The van der Waals surface area contributed by atoms with Gasteiger partial charge in [0.15, 0.2) is 0 Å². The van der Waals surface area contributed by atoms with Gasteiger partial charge in [-0.2, -0.15) is 0 Å². The lowest BCUT2D eigenvalue weighted by molar-refractivity contribution is -0.145. The fourth-order valence-corrected chi connectivity index (χ4v) is 4.24. The number of benzene rings is 1. The summed E-state index contributed by atoms with van der Waals surface area (Å²) in [5.74, 6) is 0.709. The van der Waals surface area contributed by atoms with Crippen LogP contribution in [0.4, 0.5) is 0 Å². The normalized spacial score (nSPS) is 11.3. The Labute approximate surface area is 284 Å². The summed E-state index contributed by atoms with van der Waals surface area (Å²) in [5.41, 5.74) is 0. The van der Waals surface area contributed by atoms with Crippen molar-refractivity contribution < 1.29 is 52.2 Å². The summed E-state index contributed by atoms with van der Waals surface area (Å²) in [4.78, 5) is 11.8. The van der Waals surface area contributed by atoms with Gasteiger partial charge in [-0.15, -0.1) is 0 Å². The quantitative estimate of drug-likeness (QED) is 0.0641. The van der Waals surface area contributed by atoms with Crippen LogP contribution in [0.1, 0.15) is 71.1 Å². The summed E-state index contributed by atoms with van der Waals surface area (Å²) < 4.78 is 54.6. The molecule has 0 heterocycles. The maximum Gasteiger partial charge on any atom is 0.305 e. The highest BCUT2D eigenvalue weighted by atomic mass is 16.6. The molecule has 1 aromatic carbocycles. The fraction of sp³-hybridized carbons (Fsp3) is 0.806. The van der Waals surface area contributed by atoms with E-state index in [0.717, 1.165) is 18.6 Å². The Kier molecular flexibility index (Phi) is 34.0. The van der Waals surface area contributed by atoms with Gasteiger partial charge >= 0.3 is 5.97 Å². The summed E-state index contributed by atoms with van der Waals surface area (Å²) in [6.07, 6.45) is 11.6. The van der Waals surface area contributed by atoms with Gasteiger partial charge in [-0.05, 0) is 18.6 Å². The zero-order valence-electron chi connectivity index (χ0n) is 29.2. The van der Waals surface area contributed by atoms with Crippen molar-refractivity contribution >= 4 is 5.97 Å². The average molecular weight is 673 g/mol. The molecule has 274 valence electrons. The van der Waals surface area contributed by atoms with Gasteiger partial charge in [-0.3, -0.25) is 4.79 Å². The van der Waals surface area contributed by atoms with Crippen LogP contribution in [0.2, 0.25) is 0 Å². The van der Waals surface area contributed by atoms with Crippen molar-refractivity contribution in [2.75, 3.05) is 119 Å². The molecule has 47 heavy (non-hydrogen) atoms. The third-order valence-electron chi connectivity index (χ3n) is 6.82. The first-order valence-electron chi connectivity index (χ1n) is 17.8. The maximum atomic E-state index is 11.8. The second kappa shape index (κ2) is 37.0. The van der Waals surface area contributed by atoms with Crippen molar-refractivity contribution in [2.45, 2.75) is 71.1 Å². The summed E-state index contributed by atoms with van der Waals surface area (Å²) in [5, 5.41) is 0. The first kappa shape index (κ1) is 43.2. The lowest BCUT2D eigenvalue weighted by Gasteiger charge is -2.09. The van der Waals surface area contributed by atoms with Crippen LogP contribution in [-0.2, 0) is 47.4 Å². The summed E-state index contributed by atoms with van der Waals surface area (Å²) >= 11 is 0. The van der Waals surface area contributed by atoms with E-state index in [1.54, 1.807) is 0 Å². The minimum Gasteiger partial charge on any atom is -0.491 e. The number of rotatable bonds is 38. The van der Waals surface area contributed by atoms with Gasteiger partial charge in [0.1, 0.15) is 19.0 Å². The third-order valence-corrected chi connectivity index (χ3v) is 6.82. The number of hydrogen-bond acceptors (Lipinski definition) is 11. The molecule has 0 saturated heterocycles. The van der Waals surface area contributed by atoms with Gasteiger partial charge in [0.25, 0.3) is 0 Å². The van der Waals surface area contributed by atoms with Crippen LogP contribution in [0.25, 0.3) is 0 Å². The number of unbranched alkanes of at least 4 members (excludes halogenated alkanes) is 8. The molecule has 0 aliphatic rings. The van der Waals surface area contributed by atoms with Gasteiger partial charge in [0, 0.05) is 6.42 Å². The second-order valence-corrected chi connectivity index (χ2v) is 10.9. The van der Waals surface area contributed by atoms with Crippen LogP contribution in [0.15, 0.2) is 30.3 Å².